The SMILES string of the molecule is N#C/C(=C/c1cn(-c2ccccc2)nc1-c1cccc(Br)c1)C(N)=O. The lowest BCUT2D eigenvalue weighted by Crippen LogP contribution is -2.12. The van der Waals surface area contributed by atoms with Crippen molar-refractivity contribution in [2.45, 2.75) is 0 Å². The number of hydrogen-bond donors (Lipinski definition) is 1. The molecule has 2 N–H and O–H groups in total. The third-order valence-electron chi connectivity index (χ3n) is 3.55. The predicted octanol–water partition coefficient (Wildman–Crippen LogP) is 3.69. The maximum absolute atomic E-state index is 11.4. The van der Waals surface area contributed by atoms with Crippen molar-refractivity contribution in [3.8, 4) is 23.0 Å². The highest BCUT2D eigenvalue weighted by molar-refractivity contribution is 9.10. The van der Waals surface area contributed by atoms with Gasteiger partial charge in [-0.1, -0.05) is 46.3 Å². The molecule has 1 aromatic heterocycles. The zero-order valence-corrected chi connectivity index (χ0v) is 14.6. The van der Waals surface area contributed by atoms with Gasteiger partial charge >= 0.3 is 0 Å². The molecule has 0 fully saturated rings. The van der Waals surface area contributed by atoms with Crippen LogP contribution < -0.4 is 5.73 Å². The normalized spacial score (nSPS) is 11.1. The van der Waals surface area contributed by atoms with Crippen LogP contribution >= 0.6 is 15.9 Å². The van der Waals surface area contributed by atoms with Crippen LogP contribution in [-0.4, -0.2) is 15.7 Å². The zero-order valence-electron chi connectivity index (χ0n) is 13.1. The number of amides is 1. The summed E-state index contributed by atoms with van der Waals surface area (Å²) in [4.78, 5) is 11.4. The number of nitrogens with zero attached hydrogens (tertiary/aromatic N) is 3. The molecule has 0 radical (unpaired) electrons. The Morgan fingerprint density at radius 2 is 1.96 bits per heavy atom. The molecule has 3 aromatic rings. The Labute approximate surface area is 153 Å². The highest BCUT2D eigenvalue weighted by atomic mass is 79.9. The number of primary amides is 1. The van der Waals surface area contributed by atoms with E-state index >= 15 is 0 Å². The molecule has 5 nitrogen and oxygen atoms in total. The molecule has 0 saturated heterocycles. The van der Waals surface area contributed by atoms with Crippen LogP contribution in [0.15, 0.2) is 70.8 Å². The van der Waals surface area contributed by atoms with E-state index in [1.807, 2.05) is 60.7 Å². The Bertz CT molecular complexity index is 1000. The van der Waals surface area contributed by atoms with E-state index in [-0.39, 0.29) is 5.57 Å². The summed E-state index contributed by atoms with van der Waals surface area (Å²) in [5, 5.41) is 13.8. The second kappa shape index (κ2) is 7.16. The van der Waals surface area contributed by atoms with Gasteiger partial charge in [-0.05, 0) is 30.3 Å². The Morgan fingerprint density at radius 1 is 1.20 bits per heavy atom. The van der Waals surface area contributed by atoms with Crippen LogP contribution in [0.25, 0.3) is 23.0 Å². The molecule has 1 heterocycles. The van der Waals surface area contributed by atoms with Gasteiger partial charge in [0.1, 0.15) is 17.3 Å². The van der Waals surface area contributed by atoms with Crippen LogP contribution in [-0.2, 0) is 4.79 Å². The van der Waals surface area contributed by atoms with Crippen molar-refractivity contribution in [1.82, 2.24) is 9.78 Å². The molecule has 25 heavy (non-hydrogen) atoms. The average molecular weight is 393 g/mol. The van der Waals surface area contributed by atoms with Crippen LogP contribution in [0.2, 0.25) is 0 Å². The van der Waals surface area contributed by atoms with Crippen LogP contribution in [0.4, 0.5) is 0 Å². The van der Waals surface area contributed by atoms with E-state index < -0.39 is 5.91 Å². The summed E-state index contributed by atoms with van der Waals surface area (Å²) < 4.78 is 2.61. The number of rotatable bonds is 4. The van der Waals surface area contributed by atoms with Gasteiger partial charge in [0.15, 0.2) is 0 Å². The Balaban J connectivity index is 2.20. The van der Waals surface area contributed by atoms with Crippen LogP contribution in [0.3, 0.4) is 0 Å². The van der Waals surface area contributed by atoms with Crippen molar-refractivity contribution < 1.29 is 4.79 Å². The van der Waals surface area contributed by atoms with Crippen LogP contribution in [0, 0.1) is 11.3 Å². The Kier molecular flexibility index (Phi) is 4.78. The second-order valence-electron chi connectivity index (χ2n) is 5.26. The lowest BCUT2D eigenvalue weighted by molar-refractivity contribution is -0.114. The molecule has 3 rings (SSSR count). The number of para-hydroxylation sites is 1. The van der Waals surface area contributed by atoms with Gasteiger partial charge in [-0.15, -0.1) is 0 Å². The summed E-state index contributed by atoms with van der Waals surface area (Å²) in [6.07, 6.45) is 3.23. The number of nitriles is 1. The molecule has 0 spiro atoms. The minimum absolute atomic E-state index is 0.121. The van der Waals surface area contributed by atoms with Crippen molar-refractivity contribution in [3.63, 3.8) is 0 Å². The summed E-state index contributed by atoms with van der Waals surface area (Å²) in [7, 11) is 0. The monoisotopic (exact) mass is 392 g/mol. The first kappa shape index (κ1) is 16.7. The lowest BCUT2D eigenvalue weighted by Gasteiger charge is -2.01. The number of aromatic nitrogens is 2. The number of hydrogen-bond acceptors (Lipinski definition) is 3. The summed E-state index contributed by atoms with van der Waals surface area (Å²) in [6.45, 7) is 0. The van der Waals surface area contributed by atoms with Gasteiger partial charge in [-0.2, -0.15) is 10.4 Å². The van der Waals surface area contributed by atoms with E-state index in [0.717, 1.165) is 15.7 Å². The zero-order chi connectivity index (χ0) is 17.8. The molecule has 0 aliphatic carbocycles. The number of halogens is 1. The summed E-state index contributed by atoms with van der Waals surface area (Å²) in [5.74, 6) is -0.768. The molecule has 0 saturated carbocycles. The maximum Gasteiger partial charge on any atom is 0.259 e. The number of benzene rings is 2. The third-order valence-corrected chi connectivity index (χ3v) is 4.04. The van der Waals surface area contributed by atoms with E-state index in [0.29, 0.717) is 11.3 Å². The fourth-order valence-electron chi connectivity index (χ4n) is 2.38. The van der Waals surface area contributed by atoms with Crippen molar-refractivity contribution in [1.29, 1.82) is 5.26 Å². The highest BCUT2D eigenvalue weighted by Crippen LogP contribution is 2.27. The fraction of sp³-hybridized carbons (Fsp3) is 0. The van der Waals surface area contributed by atoms with E-state index in [1.165, 1.54) is 6.08 Å². The van der Waals surface area contributed by atoms with Gasteiger partial charge in [-0.3, -0.25) is 4.79 Å². The second-order valence-corrected chi connectivity index (χ2v) is 6.17. The molecule has 1 amide bonds. The molecule has 0 aliphatic rings. The maximum atomic E-state index is 11.4. The van der Waals surface area contributed by atoms with Crippen molar-refractivity contribution >= 4 is 27.9 Å². The van der Waals surface area contributed by atoms with E-state index in [1.54, 1.807) is 10.9 Å². The van der Waals surface area contributed by atoms with Gasteiger partial charge in [0.2, 0.25) is 0 Å². The van der Waals surface area contributed by atoms with E-state index in [2.05, 4.69) is 21.0 Å². The topological polar surface area (TPSA) is 84.7 Å². The quantitative estimate of drug-likeness (QED) is 0.542. The molecular weight excluding hydrogens is 380 g/mol. The van der Waals surface area contributed by atoms with Crippen molar-refractivity contribution in [2.75, 3.05) is 0 Å². The fourth-order valence-corrected chi connectivity index (χ4v) is 2.78. The molecule has 0 atom stereocenters. The molecule has 0 unspecified atom stereocenters. The van der Waals surface area contributed by atoms with Gasteiger partial charge in [0.05, 0.1) is 5.69 Å². The van der Waals surface area contributed by atoms with Gasteiger partial charge in [-0.25, -0.2) is 4.68 Å². The van der Waals surface area contributed by atoms with Crippen molar-refractivity contribution in [2.24, 2.45) is 5.73 Å². The molecule has 122 valence electrons. The first-order chi connectivity index (χ1) is 12.1. The largest absolute Gasteiger partial charge is 0.365 e. The molecule has 0 bridgehead atoms. The predicted molar refractivity (Wildman–Crippen MR) is 99.5 cm³/mol. The van der Waals surface area contributed by atoms with E-state index in [9.17, 15) is 4.79 Å². The highest BCUT2D eigenvalue weighted by Gasteiger charge is 2.13. The van der Waals surface area contributed by atoms with Gasteiger partial charge in [0, 0.05) is 21.8 Å². The average Bonchev–Trinajstić information content (AvgIpc) is 3.04. The summed E-state index contributed by atoms with van der Waals surface area (Å²) in [5.41, 5.74) is 8.16. The molecular formula is C19H13BrN4O. The number of nitrogens with two attached hydrogens (primary N) is 1. The first-order valence-corrected chi connectivity index (χ1v) is 8.20. The molecule has 2 aromatic carbocycles. The Morgan fingerprint density at radius 3 is 2.60 bits per heavy atom. The summed E-state index contributed by atoms with van der Waals surface area (Å²) in [6, 6.07) is 19.1. The number of carbonyl (C=O) groups is 1. The summed E-state index contributed by atoms with van der Waals surface area (Å²) >= 11 is 3.45. The van der Waals surface area contributed by atoms with Crippen molar-refractivity contribution in [3.05, 3.63) is 76.4 Å². The Hall–Kier alpha value is -3.17. The van der Waals surface area contributed by atoms with Gasteiger partial charge < -0.3 is 5.73 Å². The minimum Gasteiger partial charge on any atom is -0.365 e. The molecule has 6 heteroatoms. The van der Waals surface area contributed by atoms with Crippen LogP contribution in [0.1, 0.15) is 5.56 Å². The number of carbonyl (C=O) groups excluding carboxylic acids is 1. The smallest absolute Gasteiger partial charge is 0.259 e. The lowest BCUT2D eigenvalue weighted by atomic mass is 10.1. The third kappa shape index (κ3) is 3.67. The molecule has 0 aliphatic heterocycles. The standard InChI is InChI=1S/C19H13BrN4O/c20-16-6-4-5-13(10-16)18-15(9-14(11-21)19(22)25)12-24(23-18)17-7-2-1-3-8-17/h1-10,12H,(H2,22,25)/b14-9-. The first-order valence-electron chi connectivity index (χ1n) is 7.41. The van der Waals surface area contributed by atoms with Gasteiger partial charge in [0.25, 0.3) is 5.91 Å². The van der Waals surface area contributed by atoms with E-state index in [4.69, 9.17) is 11.0 Å². The minimum atomic E-state index is -0.768. The van der Waals surface area contributed by atoms with Crippen LogP contribution in [0.5, 0.6) is 0 Å².